The highest BCUT2D eigenvalue weighted by molar-refractivity contribution is 7.46. The zero-order chi connectivity index (χ0) is 80.9. The minimum Gasteiger partial charge on any atom is -0.756 e. The predicted molar refractivity (Wildman–Crippen MR) is 447 cm³/mol. The van der Waals surface area contributed by atoms with Crippen LogP contribution in [-0.4, -0.2) is 127 Å². The van der Waals surface area contributed by atoms with Crippen molar-refractivity contribution in [1.29, 1.82) is 1.43 Å². The summed E-state index contributed by atoms with van der Waals surface area (Å²) in [6.07, 6.45) is 78.1. The van der Waals surface area contributed by atoms with Gasteiger partial charge in [-0.15, -0.1) is 0 Å². The van der Waals surface area contributed by atoms with Crippen molar-refractivity contribution in [3.63, 3.8) is 0 Å². The van der Waals surface area contributed by atoms with Crippen molar-refractivity contribution < 1.29 is 84.5 Å². The van der Waals surface area contributed by atoms with Crippen LogP contribution in [0, 0.1) is 0 Å². The minimum absolute atomic E-state index is 0.0118. The lowest BCUT2D eigenvalue weighted by molar-refractivity contribution is -0.870. The average Bonchev–Trinajstić information content (AvgIpc) is 0.910. The molecule has 19 nitrogen and oxygen atoms in total. The molecule has 0 saturated carbocycles. The number of rotatable bonds is 80. The number of carbonyl (C=O) groups excluding carboxylic acids is 4. The fraction of sp³-hybridized carbons (Fsp3) is 0.860. The van der Waals surface area contributed by atoms with Crippen LogP contribution in [0.15, 0.2) is 48.6 Å². The lowest BCUT2D eigenvalue weighted by atomic mass is 10.1. The second-order valence-corrected chi connectivity index (χ2v) is 33.3. The molecule has 0 aliphatic heterocycles. The molecule has 3 N–H and O–H groups in total. The Hall–Kier alpha value is -2.63. The standard InChI is InChI=1S/C44H84NO8P.C41H78NO8P.CH5OP/c1-6-8-10-12-14-16-18-20-22-24-26-28-30-32-34-36-43(46)50-40-42(41-52-54(48,49)51-39-38-45(3,4)5)53-44(47)37-35-33-31-29-27-25-23-21-19-17-15-13-11-9-7-2;1-3-5-7-9-11-13-15-17-19-21-23-25-27-29-31-33-40(43)47-37-39(38-49-51(45,46)48-36-35-42)50-41(44)34-32-30-28-26-24-22-20-18-16-14-12-10-8-6-4-2;1-3-2/h20-23,42H,6-19,24-41H2,1-5H3;17-20,39H,3-16,21-38,42H2,1-2H3,(H,45,46);2-3H,1H3/p-1/b22-20-,23-21-;19-17-,20-18-;/t42-;39-;/m11./s1/i;;2D. The summed E-state index contributed by atoms with van der Waals surface area (Å²) in [5.41, 5.74) is 5.31. The molecule has 0 saturated heterocycles. The molecule has 5 atom stereocenters. The second kappa shape index (κ2) is 85.3. The summed E-state index contributed by atoms with van der Waals surface area (Å²) in [7, 11) is -3.16. The van der Waals surface area contributed by atoms with E-state index in [1.165, 1.54) is 180 Å². The quantitative estimate of drug-likeness (QED) is 0.0143. The number of allylic oxidation sites excluding steroid dienone is 8. The van der Waals surface area contributed by atoms with Crippen molar-refractivity contribution in [2.24, 2.45) is 5.73 Å². The van der Waals surface area contributed by atoms with E-state index in [0.29, 0.717) is 39.1 Å². The fourth-order valence-electron chi connectivity index (χ4n) is 11.6. The Morgan fingerprint density at radius 2 is 0.593 bits per heavy atom. The Kier molecular flexibility index (Phi) is 84.8. The average molecular weight is 1590 g/mol. The highest BCUT2D eigenvalue weighted by atomic mass is 31.2. The molecular weight excluding hydrogens is 1430 g/mol. The predicted octanol–water partition coefficient (Wildman–Crippen LogP) is 22.9. The summed E-state index contributed by atoms with van der Waals surface area (Å²) < 4.78 is 72.2. The molecule has 0 aliphatic carbocycles. The molecular formula is C86H166N2O17P3-. The SMILES string of the molecule is CCCCCCCC/C=C\CCCCCCCC(=O)OC[C@H](COP(=O)([O-])OCCN)OC(=O)CCCCCCC/C=C\CCCCCCCC.CCCCCCCC/C=C\CCCCCCCC(=O)OC[C@H](COP(=O)([O-])OCC[N+](C)(C)C)OC(=O)CCCCCCC/C=C\CCCCCCCC.[2H]OPC. The normalized spacial score (nSPS) is 13.7. The first-order valence-corrected chi connectivity index (χ1v) is 47.9. The Labute approximate surface area is 665 Å². The molecule has 638 valence electrons. The third-order valence-electron chi connectivity index (χ3n) is 18.2. The number of nitrogens with zero attached hydrogens (tertiary/aromatic N) is 1. The van der Waals surface area contributed by atoms with Crippen LogP contribution in [0.3, 0.4) is 0 Å². The maximum Gasteiger partial charge on any atom is 0.306 e. The Morgan fingerprint density at radius 1 is 0.370 bits per heavy atom. The summed E-state index contributed by atoms with van der Waals surface area (Å²) in [6.45, 7) is 9.51. The summed E-state index contributed by atoms with van der Waals surface area (Å²) in [6, 6.07) is 0. The lowest BCUT2D eigenvalue weighted by Gasteiger charge is -2.28. The number of phosphoric ester groups is 2. The van der Waals surface area contributed by atoms with Gasteiger partial charge in [-0.1, -0.05) is 282 Å². The van der Waals surface area contributed by atoms with Gasteiger partial charge in [-0.3, -0.25) is 28.3 Å². The van der Waals surface area contributed by atoms with Crippen molar-refractivity contribution in [2.75, 3.05) is 80.5 Å². The smallest absolute Gasteiger partial charge is 0.306 e. The number of carbonyl (C=O) groups is 4. The van der Waals surface area contributed by atoms with E-state index in [0.717, 1.165) is 135 Å². The van der Waals surface area contributed by atoms with Crippen LogP contribution in [0.2, 0.25) is 0 Å². The van der Waals surface area contributed by atoms with E-state index in [1.807, 2.05) is 21.1 Å². The third kappa shape index (κ3) is 92.2. The van der Waals surface area contributed by atoms with Crippen molar-refractivity contribution in [3.05, 3.63) is 48.6 Å². The van der Waals surface area contributed by atoms with Gasteiger partial charge >= 0.3 is 23.9 Å². The van der Waals surface area contributed by atoms with Gasteiger partial charge in [-0.2, -0.15) is 0 Å². The van der Waals surface area contributed by atoms with E-state index < -0.39 is 64.9 Å². The van der Waals surface area contributed by atoms with E-state index in [9.17, 15) is 38.1 Å². The molecule has 0 bridgehead atoms. The molecule has 0 rings (SSSR count). The molecule has 0 fully saturated rings. The molecule has 0 radical (unpaired) electrons. The van der Waals surface area contributed by atoms with E-state index in [2.05, 4.69) is 85.7 Å². The summed E-state index contributed by atoms with van der Waals surface area (Å²) >= 11 is 0. The van der Waals surface area contributed by atoms with Gasteiger partial charge in [0.2, 0.25) is 1.43 Å². The number of likely N-dealkylation sites (N-methyl/N-ethyl adjacent to an activating group) is 1. The molecule has 0 spiro atoms. The van der Waals surface area contributed by atoms with E-state index in [-0.39, 0.29) is 58.7 Å². The van der Waals surface area contributed by atoms with Gasteiger partial charge in [0.1, 0.15) is 26.4 Å². The molecule has 3 unspecified atom stereocenters. The van der Waals surface area contributed by atoms with Gasteiger partial charge in [0.25, 0.3) is 15.6 Å². The molecule has 0 heterocycles. The van der Waals surface area contributed by atoms with Crippen LogP contribution < -0.4 is 15.5 Å². The topological polar surface area (TPSA) is 269 Å². The third-order valence-corrected chi connectivity index (χ3v) is 20.2. The Bertz CT molecular complexity index is 2220. The largest absolute Gasteiger partial charge is 0.756 e. The number of nitrogens with two attached hydrogens (primary N) is 1. The fourth-order valence-corrected chi connectivity index (χ4v) is 13.1. The van der Waals surface area contributed by atoms with E-state index >= 15 is 0 Å². The van der Waals surface area contributed by atoms with Crippen LogP contribution in [-0.2, 0) is 65.4 Å². The summed E-state index contributed by atoms with van der Waals surface area (Å²) in [5, 5.41) is 0. The van der Waals surface area contributed by atoms with Crippen LogP contribution in [0.4, 0.5) is 0 Å². The zero-order valence-corrected chi connectivity index (χ0v) is 73.2. The van der Waals surface area contributed by atoms with Crippen LogP contribution in [0.5, 0.6) is 0 Å². The summed E-state index contributed by atoms with van der Waals surface area (Å²) in [4.78, 5) is 78.2. The highest BCUT2D eigenvalue weighted by Gasteiger charge is 2.23. The Balaban J connectivity index is -0.00000197. The molecule has 0 aromatic heterocycles. The molecule has 0 amide bonds. The van der Waals surface area contributed by atoms with Gasteiger partial charge in [0.15, 0.2) is 12.2 Å². The number of quaternary nitrogens is 1. The van der Waals surface area contributed by atoms with Crippen LogP contribution in [0.1, 0.15) is 387 Å². The van der Waals surface area contributed by atoms with Gasteiger partial charge in [0, 0.05) is 41.0 Å². The van der Waals surface area contributed by atoms with Gasteiger partial charge in [-0.05, 0) is 135 Å². The van der Waals surface area contributed by atoms with Gasteiger partial charge in [0.05, 0.1) is 41.0 Å². The molecule has 0 aliphatic rings. The van der Waals surface area contributed by atoms with Crippen molar-refractivity contribution >= 4 is 48.3 Å². The van der Waals surface area contributed by atoms with Crippen molar-refractivity contribution in [3.8, 4) is 0 Å². The number of hydrogen-bond acceptors (Lipinski definition) is 18. The van der Waals surface area contributed by atoms with Gasteiger partial charge in [-0.25, -0.2) is 0 Å². The second-order valence-electron chi connectivity index (χ2n) is 30.1. The molecule has 22 heteroatoms. The monoisotopic (exact) mass is 1590 g/mol. The zero-order valence-electron chi connectivity index (χ0n) is 71.4. The Morgan fingerprint density at radius 3 is 0.824 bits per heavy atom. The number of esters is 4. The lowest BCUT2D eigenvalue weighted by Crippen LogP contribution is -2.37. The number of ether oxygens (including phenoxy) is 4. The van der Waals surface area contributed by atoms with Crippen LogP contribution >= 0.6 is 24.5 Å². The van der Waals surface area contributed by atoms with E-state index in [1.54, 1.807) is 6.66 Å². The number of phosphoric acid groups is 2. The first kappa shape index (κ1) is 107. The summed E-state index contributed by atoms with van der Waals surface area (Å²) in [5.74, 6) is -1.73. The molecule has 0 aromatic carbocycles. The highest BCUT2D eigenvalue weighted by Crippen LogP contribution is 2.39. The van der Waals surface area contributed by atoms with Gasteiger partial charge < -0.3 is 61.9 Å². The number of hydrogen-bond donors (Lipinski definition) is 2. The minimum atomic E-state index is -4.62. The van der Waals surface area contributed by atoms with E-state index in [4.69, 9.17) is 39.7 Å². The molecule has 0 aromatic rings. The first-order valence-electron chi connectivity index (χ1n) is 44.0. The maximum absolute atomic E-state index is 12.7. The number of unbranched alkanes of at least 4 members (excludes halogenated alkanes) is 44. The maximum atomic E-state index is 12.7. The van der Waals surface area contributed by atoms with Crippen LogP contribution in [0.25, 0.3) is 0 Å². The molecule has 108 heavy (non-hydrogen) atoms. The van der Waals surface area contributed by atoms with Crippen molar-refractivity contribution in [1.82, 2.24) is 0 Å². The first-order chi connectivity index (χ1) is 52.7. The van der Waals surface area contributed by atoms with Crippen molar-refractivity contribution in [2.45, 2.75) is 399 Å².